The summed E-state index contributed by atoms with van der Waals surface area (Å²) in [5.74, 6) is 0.862. The largest absolute Gasteiger partial charge is 0.492 e. The third-order valence-corrected chi connectivity index (χ3v) is 3.14. The van der Waals surface area contributed by atoms with E-state index >= 15 is 0 Å². The first-order valence-corrected chi connectivity index (χ1v) is 7.18. The molecule has 102 valence electrons. The topological polar surface area (TPSA) is 41.5 Å². The number of unbranched alkanes of at least 4 members (excludes halogenated alkanes) is 1. The monoisotopic (exact) mass is 315 g/mol. The predicted octanol–water partition coefficient (Wildman–Crippen LogP) is 3.10. The van der Waals surface area contributed by atoms with Gasteiger partial charge in [0.15, 0.2) is 0 Å². The fourth-order valence-corrected chi connectivity index (χ4v) is 2.03. The lowest BCUT2D eigenvalue weighted by Crippen LogP contribution is -2.21. The second kappa shape index (κ2) is 8.51. The van der Waals surface area contributed by atoms with Gasteiger partial charge < -0.3 is 15.2 Å². The Morgan fingerprint density at radius 2 is 2.11 bits per heavy atom. The maximum Gasteiger partial charge on any atom is 0.133 e. The van der Waals surface area contributed by atoms with Gasteiger partial charge in [0, 0.05) is 19.2 Å². The molecule has 0 amide bonds. The van der Waals surface area contributed by atoms with E-state index in [1.165, 1.54) is 5.56 Å². The molecule has 18 heavy (non-hydrogen) atoms. The third kappa shape index (κ3) is 5.85. The van der Waals surface area contributed by atoms with E-state index in [4.69, 9.17) is 9.84 Å². The molecule has 0 fully saturated rings. The van der Waals surface area contributed by atoms with Gasteiger partial charge in [-0.1, -0.05) is 19.9 Å². The van der Waals surface area contributed by atoms with E-state index in [-0.39, 0.29) is 6.61 Å². The van der Waals surface area contributed by atoms with Crippen molar-refractivity contribution in [3.8, 4) is 5.75 Å². The number of benzene rings is 1. The Bertz CT molecular complexity index is 356. The molecular formula is C14H22BrNO2. The molecule has 1 aromatic rings. The van der Waals surface area contributed by atoms with Crippen molar-refractivity contribution >= 4 is 15.9 Å². The highest BCUT2D eigenvalue weighted by Gasteiger charge is 2.03. The molecule has 0 spiro atoms. The van der Waals surface area contributed by atoms with Crippen molar-refractivity contribution in [2.45, 2.75) is 39.3 Å². The molecule has 0 unspecified atom stereocenters. The van der Waals surface area contributed by atoms with Crippen LogP contribution < -0.4 is 10.1 Å². The smallest absolute Gasteiger partial charge is 0.133 e. The van der Waals surface area contributed by atoms with Crippen molar-refractivity contribution < 1.29 is 9.84 Å². The Balaban J connectivity index is 2.46. The second-order valence-electron chi connectivity index (χ2n) is 4.58. The molecule has 2 N–H and O–H groups in total. The van der Waals surface area contributed by atoms with E-state index < -0.39 is 0 Å². The Morgan fingerprint density at radius 3 is 2.72 bits per heavy atom. The Labute approximate surface area is 118 Å². The van der Waals surface area contributed by atoms with Gasteiger partial charge in [-0.3, -0.25) is 0 Å². The molecule has 1 aromatic carbocycles. The van der Waals surface area contributed by atoms with Gasteiger partial charge in [0.1, 0.15) is 5.75 Å². The molecule has 1 rings (SSSR count). The van der Waals surface area contributed by atoms with Crippen LogP contribution >= 0.6 is 15.9 Å². The first-order valence-electron chi connectivity index (χ1n) is 6.39. The van der Waals surface area contributed by atoms with E-state index in [1.807, 2.05) is 6.07 Å². The van der Waals surface area contributed by atoms with Gasteiger partial charge in [0.05, 0.1) is 11.1 Å². The molecular weight excluding hydrogens is 294 g/mol. The molecule has 0 aliphatic rings. The van der Waals surface area contributed by atoms with Gasteiger partial charge in [-0.2, -0.15) is 0 Å². The first kappa shape index (κ1) is 15.5. The first-order chi connectivity index (χ1) is 8.63. The van der Waals surface area contributed by atoms with Gasteiger partial charge in [-0.25, -0.2) is 0 Å². The van der Waals surface area contributed by atoms with Crippen molar-refractivity contribution in [3.05, 3.63) is 28.2 Å². The predicted molar refractivity (Wildman–Crippen MR) is 77.9 cm³/mol. The van der Waals surface area contributed by atoms with E-state index in [2.05, 4.69) is 47.2 Å². The van der Waals surface area contributed by atoms with Crippen LogP contribution in [-0.4, -0.2) is 24.4 Å². The number of aliphatic hydroxyl groups is 1. The lowest BCUT2D eigenvalue weighted by atomic mass is 10.2. The van der Waals surface area contributed by atoms with Crippen LogP contribution in [-0.2, 0) is 6.54 Å². The summed E-state index contributed by atoms with van der Waals surface area (Å²) in [6.45, 7) is 6.00. The zero-order chi connectivity index (χ0) is 13.4. The maximum atomic E-state index is 8.69. The quantitative estimate of drug-likeness (QED) is 0.724. The van der Waals surface area contributed by atoms with Crippen LogP contribution in [0.5, 0.6) is 5.75 Å². The second-order valence-corrected chi connectivity index (χ2v) is 5.43. The third-order valence-electron chi connectivity index (χ3n) is 2.52. The Hall–Kier alpha value is -0.580. The molecule has 0 aromatic heterocycles. The van der Waals surface area contributed by atoms with Gasteiger partial charge >= 0.3 is 0 Å². The summed E-state index contributed by atoms with van der Waals surface area (Å²) in [5.41, 5.74) is 1.23. The molecule has 0 aliphatic carbocycles. The molecule has 4 heteroatoms. The van der Waals surface area contributed by atoms with Gasteiger partial charge in [-0.05, 0) is 46.5 Å². The fourth-order valence-electron chi connectivity index (χ4n) is 1.49. The highest BCUT2D eigenvalue weighted by Crippen LogP contribution is 2.26. The van der Waals surface area contributed by atoms with Crippen LogP contribution in [0.4, 0.5) is 0 Å². The molecule has 0 saturated heterocycles. The van der Waals surface area contributed by atoms with Crippen molar-refractivity contribution in [2.24, 2.45) is 0 Å². The summed E-state index contributed by atoms with van der Waals surface area (Å²) in [6.07, 6.45) is 1.66. The average molecular weight is 316 g/mol. The number of nitrogens with one attached hydrogen (secondary N) is 1. The zero-order valence-electron chi connectivity index (χ0n) is 11.1. The molecule has 3 nitrogen and oxygen atoms in total. The summed E-state index contributed by atoms with van der Waals surface area (Å²) < 4.78 is 6.62. The van der Waals surface area contributed by atoms with Crippen LogP contribution in [0.25, 0.3) is 0 Å². The molecule has 0 aliphatic heterocycles. The minimum Gasteiger partial charge on any atom is -0.492 e. The number of ether oxygens (including phenoxy) is 1. The zero-order valence-corrected chi connectivity index (χ0v) is 12.7. The lowest BCUT2D eigenvalue weighted by Gasteiger charge is -2.11. The summed E-state index contributed by atoms with van der Waals surface area (Å²) in [5, 5.41) is 12.1. The molecule has 0 saturated carbocycles. The number of hydrogen-bond donors (Lipinski definition) is 2. The van der Waals surface area contributed by atoms with Crippen LogP contribution in [0.1, 0.15) is 32.3 Å². The van der Waals surface area contributed by atoms with Crippen molar-refractivity contribution in [2.75, 3.05) is 13.2 Å². The summed E-state index contributed by atoms with van der Waals surface area (Å²) in [4.78, 5) is 0. The summed E-state index contributed by atoms with van der Waals surface area (Å²) in [6, 6.07) is 6.62. The Morgan fingerprint density at radius 1 is 1.33 bits per heavy atom. The van der Waals surface area contributed by atoms with E-state index in [0.717, 1.165) is 29.6 Å². The number of hydrogen-bond acceptors (Lipinski definition) is 3. The normalized spacial score (nSPS) is 10.9. The summed E-state index contributed by atoms with van der Waals surface area (Å²) in [7, 11) is 0. The number of aliphatic hydroxyl groups excluding tert-OH is 1. The average Bonchev–Trinajstić information content (AvgIpc) is 2.34. The van der Waals surface area contributed by atoms with E-state index in [9.17, 15) is 0 Å². The summed E-state index contributed by atoms with van der Waals surface area (Å²) >= 11 is 3.52. The minimum atomic E-state index is 0.227. The Kier molecular flexibility index (Phi) is 7.32. The SMILES string of the molecule is CC(C)NCc1ccc(OCCCCO)c(Br)c1. The minimum absolute atomic E-state index is 0.227. The van der Waals surface area contributed by atoms with Crippen LogP contribution in [0, 0.1) is 0 Å². The van der Waals surface area contributed by atoms with Crippen molar-refractivity contribution in [1.82, 2.24) is 5.32 Å². The fraction of sp³-hybridized carbons (Fsp3) is 0.571. The molecule has 0 heterocycles. The number of halogens is 1. The molecule has 0 radical (unpaired) electrons. The van der Waals surface area contributed by atoms with E-state index in [1.54, 1.807) is 0 Å². The van der Waals surface area contributed by atoms with Crippen LogP contribution in [0.3, 0.4) is 0 Å². The van der Waals surface area contributed by atoms with Crippen molar-refractivity contribution in [3.63, 3.8) is 0 Å². The highest BCUT2D eigenvalue weighted by atomic mass is 79.9. The van der Waals surface area contributed by atoms with Gasteiger partial charge in [0.2, 0.25) is 0 Å². The maximum absolute atomic E-state index is 8.69. The molecule has 0 atom stereocenters. The van der Waals surface area contributed by atoms with E-state index in [0.29, 0.717) is 12.6 Å². The van der Waals surface area contributed by atoms with Gasteiger partial charge in [0.25, 0.3) is 0 Å². The van der Waals surface area contributed by atoms with Crippen LogP contribution in [0.15, 0.2) is 22.7 Å². The highest BCUT2D eigenvalue weighted by molar-refractivity contribution is 9.10. The molecule has 0 bridgehead atoms. The van der Waals surface area contributed by atoms with Crippen molar-refractivity contribution in [1.29, 1.82) is 0 Å². The van der Waals surface area contributed by atoms with Crippen LogP contribution in [0.2, 0.25) is 0 Å². The van der Waals surface area contributed by atoms with Gasteiger partial charge in [-0.15, -0.1) is 0 Å². The lowest BCUT2D eigenvalue weighted by molar-refractivity contribution is 0.252. The standard InChI is InChI=1S/C14H22BrNO2/c1-11(2)16-10-12-5-6-14(13(15)9-12)18-8-4-3-7-17/h5-6,9,11,16-17H,3-4,7-8,10H2,1-2H3. The number of rotatable bonds is 8.